The molecule has 1 unspecified atom stereocenters. The van der Waals surface area contributed by atoms with Gasteiger partial charge in [-0.2, -0.15) is 5.10 Å². The van der Waals surface area contributed by atoms with E-state index in [1.54, 1.807) is 12.3 Å². The van der Waals surface area contributed by atoms with E-state index < -0.39 is 5.91 Å². The molecule has 132 valence electrons. The molecule has 1 aliphatic rings. The molecule has 2 aromatic heterocycles. The van der Waals surface area contributed by atoms with Gasteiger partial charge in [0.25, 0.3) is 11.8 Å². The molecular formula is C18H23N5O2. The molecule has 0 aromatic carbocycles. The molecule has 25 heavy (non-hydrogen) atoms. The highest BCUT2D eigenvalue weighted by Crippen LogP contribution is 2.27. The first-order chi connectivity index (χ1) is 12.0. The highest BCUT2D eigenvalue weighted by molar-refractivity contribution is 5.94. The summed E-state index contributed by atoms with van der Waals surface area (Å²) < 4.78 is 0. The lowest BCUT2D eigenvalue weighted by molar-refractivity contribution is 0.0705. The summed E-state index contributed by atoms with van der Waals surface area (Å²) in [6.07, 6.45) is 3.50. The summed E-state index contributed by atoms with van der Waals surface area (Å²) in [6.45, 7) is 5.46. The van der Waals surface area contributed by atoms with E-state index in [0.717, 1.165) is 30.8 Å². The van der Waals surface area contributed by atoms with Gasteiger partial charge in [-0.1, -0.05) is 13.8 Å². The Labute approximate surface area is 146 Å². The van der Waals surface area contributed by atoms with E-state index in [1.165, 1.54) is 0 Å². The second kappa shape index (κ2) is 7.04. The van der Waals surface area contributed by atoms with Crippen LogP contribution in [0.4, 0.5) is 0 Å². The Morgan fingerprint density at radius 3 is 2.76 bits per heavy atom. The van der Waals surface area contributed by atoms with Gasteiger partial charge in [-0.05, 0) is 37.0 Å². The van der Waals surface area contributed by atoms with Crippen molar-refractivity contribution < 1.29 is 9.59 Å². The monoisotopic (exact) mass is 341 g/mol. The minimum atomic E-state index is -0.553. The summed E-state index contributed by atoms with van der Waals surface area (Å²) in [4.78, 5) is 30.2. The van der Waals surface area contributed by atoms with Crippen LogP contribution in [-0.4, -0.2) is 45.0 Å². The summed E-state index contributed by atoms with van der Waals surface area (Å²) in [7, 11) is 0. The molecule has 3 heterocycles. The number of nitrogens with one attached hydrogen (secondary N) is 1. The Bertz CT molecular complexity index is 766. The smallest absolute Gasteiger partial charge is 0.269 e. The van der Waals surface area contributed by atoms with E-state index in [1.807, 2.05) is 17.0 Å². The number of hydrogen-bond acceptors (Lipinski definition) is 4. The van der Waals surface area contributed by atoms with Gasteiger partial charge in [0.15, 0.2) is 0 Å². The first-order valence-electron chi connectivity index (χ1n) is 8.56. The predicted molar refractivity (Wildman–Crippen MR) is 93.3 cm³/mol. The van der Waals surface area contributed by atoms with Crippen LogP contribution in [0.5, 0.6) is 0 Å². The maximum absolute atomic E-state index is 12.8. The summed E-state index contributed by atoms with van der Waals surface area (Å²) in [5.41, 5.74) is 7.90. The molecule has 0 spiro atoms. The minimum Gasteiger partial charge on any atom is -0.364 e. The van der Waals surface area contributed by atoms with Crippen LogP contribution in [0.25, 0.3) is 0 Å². The Balaban J connectivity index is 1.71. The Morgan fingerprint density at radius 2 is 2.16 bits per heavy atom. The van der Waals surface area contributed by atoms with Gasteiger partial charge in [0.05, 0.1) is 5.56 Å². The summed E-state index contributed by atoms with van der Waals surface area (Å²) >= 11 is 0. The molecule has 3 N–H and O–H groups in total. The third-order valence-corrected chi connectivity index (χ3v) is 4.62. The Kier molecular flexibility index (Phi) is 4.83. The summed E-state index contributed by atoms with van der Waals surface area (Å²) in [5.74, 6) is -0.103. The standard InChI is InChI=1S/C18H23N5O2/c1-11(2)14-6-5-12(9-20-14)18(25)23-7-3-4-13(10-23)15-8-16(17(19)24)22-21-15/h5-6,8-9,11,13H,3-4,7,10H2,1-2H3,(H2,19,24)(H,21,22). The SMILES string of the molecule is CC(C)c1ccc(C(=O)N2CCCC(c3cc(C(N)=O)n[nH]3)C2)cn1. The van der Waals surface area contributed by atoms with Gasteiger partial charge in [0.2, 0.25) is 0 Å². The zero-order chi connectivity index (χ0) is 18.0. The number of aromatic amines is 1. The second-order valence-corrected chi connectivity index (χ2v) is 6.79. The van der Waals surface area contributed by atoms with Crippen molar-refractivity contribution in [2.24, 2.45) is 5.73 Å². The number of amides is 2. The second-order valence-electron chi connectivity index (χ2n) is 6.79. The highest BCUT2D eigenvalue weighted by atomic mass is 16.2. The van der Waals surface area contributed by atoms with Crippen molar-refractivity contribution in [3.8, 4) is 0 Å². The Hall–Kier alpha value is -2.70. The number of carbonyl (C=O) groups excluding carboxylic acids is 2. The average Bonchev–Trinajstić information content (AvgIpc) is 3.12. The number of pyridine rings is 1. The third kappa shape index (κ3) is 3.70. The summed E-state index contributed by atoms with van der Waals surface area (Å²) in [6, 6.07) is 5.43. The van der Waals surface area contributed by atoms with Crippen LogP contribution in [0.2, 0.25) is 0 Å². The van der Waals surface area contributed by atoms with Crippen molar-refractivity contribution in [3.63, 3.8) is 0 Å². The van der Waals surface area contributed by atoms with Gasteiger partial charge in [0, 0.05) is 36.6 Å². The molecule has 0 bridgehead atoms. The van der Waals surface area contributed by atoms with Gasteiger partial charge in [-0.3, -0.25) is 19.7 Å². The molecule has 7 nitrogen and oxygen atoms in total. The topological polar surface area (TPSA) is 105 Å². The van der Waals surface area contributed by atoms with Crippen molar-refractivity contribution in [1.29, 1.82) is 0 Å². The summed E-state index contributed by atoms with van der Waals surface area (Å²) in [5, 5.41) is 6.81. The number of piperidine rings is 1. The fourth-order valence-corrected chi connectivity index (χ4v) is 3.14. The fraction of sp³-hybridized carbons (Fsp3) is 0.444. The van der Waals surface area contributed by atoms with Gasteiger partial charge in [0.1, 0.15) is 5.69 Å². The maximum Gasteiger partial charge on any atom is 0.269 e. The molecule has 1 fully saturated rings. The third-order valence-electron chi connectivity index (χ3n) is 4.62. The number of hydrogen-bond donors (Lipinski definition) is 2. The van der Waals surface area contributed by atoms with Crippen molar-refractivity contribution in [2.75, 3.05) is 13.1 Å². The average molecular weight is 341 g/mol. The number of carbonyl (C=O) groups is 2. The molecule has 1 saturated heterocycles. The van der Waals surface area contributed by atoms with Crippen molar-refractivity contribution >= 4 is 11.8 Å². The van der Waals surface area contributed by atoms with Gasteiger partial charge in [-0.15, -0.1) is 0 Å². The zero-order valence-corrected chi connectivity index (χ0v) is 14.5. The largest absolute Gasteiger partial charge is 0.364 e. The lowest BCUT2D eigenvalue weighted by atomic mass is 9.94. The van der Waals surface area contributed by atoms with Gasteiger partial charge in [-0.25, -0.2) is 0 Å². The van der Waals surface area contributed by atoms with Crippen LogP contribution in [0.3, 0.4) is 0 Å². The molecule has 7 heteroatoms. The molecule has 2 aromatic rings. The lowest BCUT2D eigenvalue weighted by Crippen LogP contribution is -2.39. The molecule has 1 aliphatic heterocycles. The quantitative estimate of drug-likeness (QED) is 0.888. The van der Waals surface area contributed by atoms with E-state index in [-0.39, 0.29) is 17.5 Å². The van der Waals surface area contributed by atoms with E-state index in [0.29, 0.717) is 18.0 Å². The normalized spacial score (nSPS) is 17.7. The van der Waals surface area contributed by atoms with Crippen molar-refractivity contribution in [3.05, 3.63) is 47.0 Å². The molecule has 0 radical (unpaired) electrons. The van der Waals surface area contributed by atoms with Crippen molar-refractivity contribution in [2.45, 2.75) is 38.5 Å². The fourth-order valence-electron chi connectivity index (χ4n) is 3.14. The number of aromatic nitrogens is 3. The molecule has 3 rings (SSSR count). The first-order valence-corrected chi connectivity index (χ1v) is 8.56. The van der Waals surface area contributed by atoms with Crippen molar-refractivity contribution in [1.82, 2.24) is 20.1 Å². The van der Waals surface area contributed by atoms with Crippen LogP contribution >= 0.6 is 0 Å². The number of H-pyrrole nitrogens is 1. The van der Waals surface area contributed by atoms with Crippen LogP contribution in [0.1, 0.15) is 70.8 Å². The van der Waals surface area contributed by atoms with Gasteiger partial charge < -0.3 is 10.6 Å². The predicted octanol–water partition coefficient (Wildman–Crippen LogP) is 2.05. The molecular weight excluding hydrogens is 318 g/mol. The lowest BCUT2D eigenvalue weighted by Gasteiger charge is -2.32. The van der Waals surface area contributed by atoms with E-state index in [2.05, 4.69) is 29.0 Å². The van der Waals surface area contributed by atoms with Crippen LogP contribution < -0.4 is 5.73 Å². The van der Waals surface area contributed by atoms with Crippen LogP contribution in [0, 0.1) is 0 Å². The molecule has 0 aliphatic carbocycles. The highest BCUT2D eigenvalue weighted by Gasteiger charge is 2.27. The molecule has 1 atom stereocenters. The van der Waals surface area contributed by atoms with Crippen LogP contribution in [-0.2, 0) is 0 Å². The first kappa shape index (κ1) is 17.1. The van der Waals surface area contributed by atoms with Crippen LogP contribution in [0.15, 0.2) is 24.4 Å². The Morgan fingerprint density at radius 1 is 1.36 bits per heavy atom. The molecule has 0 saturated carbocycles. The number of nitrogens with two attached hydrogens (primary N) is 1. The zero-order valence-electron chi connectivity index (χ0n) is 14.5. The number of likely N-dealkylation sites (tertiary alicyclic amines) is 1. The van der Waals surface area contributed by atoms with E-state index >= 15 is 0 Å². The van der Waals surface area contributed by atoms with Gasteiger partial charge >= 0.3 is 0 Å². The van der Waals surface area contributed by atoms with E-state index in [4.69, 9.17) is 5.73 Å². The van der Waals surface area contributed by atoms with E-state index in [9.17, 15) is 9.59 Å². The number of rotatable bonds is 4. The number of primary amides is 1. The molecule has 2 amide bonds. The number of nitrogens with zero attached hydrogens (tertiary/aromatic N) is 3. The maximum atomic E-state index is 12.8. The minimum absolute atomic E-state index is 0.0119.